The maximum Gasteiger partial charge on any atom is 0.321 e. The predicted molar refractivity (Wildman–Crippen MR) is 80.5 cm³/mol. The predicted octanol–water partition coefficient (Wildman–Crippen LogP) is 2.13. The number of rotatable bonds is 7. The number of aliphatic carboxylic acids is 1. The third-order valence-electron chi connectivity index (χ3n) is 3.07. The first-order valence-electron chi connectivity index (χ1n) is 6.15. The van der Waals surface area contributed by atoms with Crippen molar-refractivity contribution in [2.24, 2.45) is 5.73 Å². The van der Waals surface area contributed by atoms with Crippen molar-refractivity contribution < 1.29 is 19.4 Å². The zero-order chi connectivity index (χ0) is 15.3. The molecule has 0 spiro atoms. The number of carboxylic acid groups (broad SMARTS) is 1. The van der Waals surface area contributed by atoms with Crippen molar-refractivity contribution in [3.05, 3.63) is 23.8 Å². The summed E-state index contributed by atoms with van der Waals surface area (Å²) >= 11 is 1.50. The zero-order valence-corrected chi connectivity index (χ0v) is 13.0. The molecule has 1 aromatic rings. The summed E-state index contributed by atoms with van der Waals surface area (Å²) in [6.45, 7) is 3.66. The van der Waals surface area contributed by atoms with Crippen molar-refractivity contribution >= 4 is 17.7 Å². The third kappa shape index (κ3) is 4.05. The number of nitrogens with two attached hydrogens (primary N) is 1. The topological polar surface area (TPSA) is 81.8 Å². The number of ether oxygens (including phenoxy) is 2. The van der Waals surface area contributed by atoms with Crippen LogP contribution in [-0.4, -0.2) is 36.1 Å². The number of carboxylic acids is 1. The molecule has 0 fully saturated rings. The highest BCUT2D eigenvalue weighted by Crippen LogP contribution is 2.34. The number of methoxy groups -OCH3 is 2. The summed E-state index contributed by atoms with van der Waals surface area (Å²) < 4.78 is 9.86. The molecular formula is C14H21NO4S. The van der Waals surface area contributed by atoms with E-state index in [9.17, 15) is 4.79 Å². The van der Waals surface area contributed by atoms with E-state index in [2.05, 4.69) is 0 Å². The second kappa shape index (κ2) is 6.85. The molecule has 0 aliphatic rings. The maximum absolute atomic E-state index is 11.0. The minimum Gasteiger partial charge on any atom is -0.493 e. The fraction of sp³-hybridized carbons (Fsp3) is 0.500. The third-order valence-corrected chi connectivity index (χ3v) is 4.55. The van der Waals surface area contributed by atoms with Gasteiger partial charge in [-0.15, -0.1) is 11.8 Å². The molecule has 0 unspecified atom stereocenters. The zero-order valence-electron chi connectivity index (χ0n) is 12.2. The summed E-state index contributed by atoms with van der Waals surface area (Å²) in [7, 11) is 3.17. The Bertz CT molecular complexity index is 476. The molecule has 0 aliphatic heterocycles. The molecule has 0 aliphatic carbocycles. The van der Waals surface area contributed by atoms with Gasteiger partial charge >= 0.3 is 5.97 Å². The van der Waals surface area contributed by atoms with Crippen LogP contribution in [0.4, 0.5) is 0 Å². The minimum absolute atomic E-state index is 0.557. The average molecular weight is 299 g/mol. The summed E-state index contributed by atoms with van der Waals surface area (Å²) in [5.74, 6) is 0.984. The second-order valence-electron chi connectivity index (χ2n) is 4.90. The van der Waals surface area contributed by atoms with E-state index in [1.807, 2.05) is 32.0 Å². The molecule has 0 heterocycles. The fourth-order valence-corrected chi connectivity index (χ4v) is 2.63. The lowest BCUT2D eigenvalue weighted by Crippen LogP contribution is -2.46. The van der Waals surface area contributed by atoms with Gasteiger partial charge < -0.3 is 20.3 Å². The van der Waals surface area contributed by atoms with Crippen LogP contribution < -0.4 is 15.2 Å². The van der Waals surface area contributed by atoms with Gasteiger partial charge in [0.2, 0.25) is 0 Å². The van der Waals surface area contributed by atoms with Crippen LogP contribution in [0.5, 0.6) is 11.5 Å². The quantitative estimate of drug-likeness (QED) is 0.802. The highest BCUT2D eigenvalue weighted by molar-refractivity contribution is 7.99. The van der Waals surface area contributed by atoms with Crippen LogP contribution in [0.25, 0.3) is 0 Å². The smallest absolute Gasteiger partial charge is 0.321 e. The van der Waals surface area contributed by atoms with Crippen molar-refractivity contribution in [2.45, 2.75) is 30.4 Å². The number of hydrogen-bond acceptors (Lipinski definition) is 5. The van der Waals surface area contributed by atoms with Crippen LogP contribution in [0.3, 0.4) is 0 Å². The van der Waals surface area contributed by atoms with Crippen LogP contribution in [0.1, 0.15) is 19.4 Å². The Hall–Kier alpha value is -1.40. The van der Waals surface area contributed by atoms with Gasteiger partial charge in [-0.2, -0.15) is 0 Å². The number of thioether (sulfide) groups is 1. The summed E-state index contributed by atoms with van der Waals surface area (Å²) in [6, 6.07) is 4.73. The molecule has 1 rings (SSSR count). The molecule has 5 nitrogen and oxygen atoms in total. The molecule has 1 atom stereocenters. The van der Waals surface area contributed by atoms with Crippen molar-refractivity contribution in [3.8, 4) is 11.5 Å². The molecule has 0 saturated heterocycles. The van der Waals surface area contributed by atoms with Crippen LogP contribution in [0.15, 0.2) is 18.2 Å². The highest BCUT2D eigenvalue weighted by Gasteiger charge is 2.32. The summed E-state index contributed by atoms with van der Waals surface area (Å²) in [5.41, 5.74) is 6.72. The molecule has 112 valence electrons. The first-order chi connectivity index (χ1) is 9.31. The average Bonchev–Trinajstić information content (AvgIpc) is 2.43. The van der Waals surface area contributed by atoms with Gasteiger partial charge in [0.05, 0.1) is 14.2 Å². The SMILES string of the molecule is COc1ccc(CSC(C)(C)[C@H](N)C(=O)O)cc1OC. The Labute approximate surface area is 123 Å². The van der Waals surface area contributed by atoms with Gasteiger partial charge in [0.1, 0.15) is 6.04 Å². The molecular weight excluding hydrogens is 278 g/mol. The monoisotopic (exact) mass is 299 g/mol. The van der Waals surface area contributed by atoms with Crippen LogP contribution in [0.2, 0.25) is 0 Å². The second-order valence-corrected chi connectivity index (χ2v) is 6.53. The van der Waals surface area contributed by atoms with E-state index in [0.717, 1.165) is 5.56 Å². The summed E-state index contributed by atoms with van der Waals surface area (Å²) in [4.78, 5) is 11.0. The van der Waals surface area contributed by atoms with Crippen LogP contribution in [-0.2, 0) is 10.5 Å². The molecule has 0 bridgehead atoms. The van der Waals surface area contributed by atoms with E-state index in [0.29, 0.717) is 17.3 Å². The van der Waals surface area contributed by atoms with E-state index >= 15 is 0 Å². The highest BCUT2D eigenvalue weighted by atomic mass is 32.2. The largest absolute Gasteiger partial charge is 0.493 e. The Morgan fingerprint density at radius 3 is 2.45 bits per heavy atom. The van der Waals surface area contributed by atoms with E-state index in [-0.39, 0.29) is 0 Å². The van der Waals surface area contributed by atoms with Crippen molar-refractivity contribution in [1.29, 1.82) is 0 Å². The molecule has 0 aromatic heterocycles. The fourth-order valence-electron chi connectivity index (χ4n) is 1.63. The lowest BCUT2D eigenvalue weighted by molar-refractivity contribution is -0.139. The number of benzene rings is 1. The van der Waals surface area contributed by atoms with Crippen molar-refractivity contribution in [3.63, 3.8) is 0 Å². The molecule has 3 N–H and O–H groups in total. The summed E-state index contributed by atoms with van der Waals surface area (Å²) in [6.07, 6.45) is 0. The Kier molecular flexibility index (Phi) is 5.71. The van der Waals surface area contributed by atoms with Gasteiger partial charge in [-0.05, 0) is 31.5 Å². The van der Waals surface area contributed by atoms with Crippen LogP contribution >= 0.6 is 11.8 Å². The van der Waals surface area contributed by atoms with Gasteiger partial charge in [-0.1, -0.05) is 6.07 Å². The van der Waals surface area contributed by atoms with Crippen LogP contribution in [0, 0.1) is 0 Å². The van der Waals surface area contributed by atoms with E-state index in [4.69, 9.17) is 20.3 Å². The standard InChI is InChI=1S/C14H21NO4S/c1-14(2,12(15)13(16)17)20-8-9-5-6-10(18-3)11(7-9)19-4/h5-7,12H,8,15H2,1-4H3,(H,16,17)/t12-/m1/s1. The molecule has 0 saturated carbocycles. The van der Waals surface area contributed by atoms with E-state index < -0.39 is 16.8 Å². The summed E-state index contributed by atoms with van der Waals surface area (Å²) in [5, 5.41) is 8.99. The van der Waals surface area contributed by atoms with Crippen molar-refractivity contribution in [1.82, 2.24) is 0 Å². The first-order valence-corrected chi connectivity index (χ1v) is 7.13. The van der Waals surface area contributed by atoms with Gasteiger partial charge in [0.15, 0.2) is 11.5 Å². The van der Waals surface area contributed by atoms with Gasteiger partial charge in [0, 0.05) is 10.5 Å². The lowest BCUT2D eigenvalue weighted by atomic mass is 10.1. The number of hydrogen-bond donors (Lipinski definition) is 2. The molecule has 20 heavy (non-hydrogen) atoms. The Morgan fingerprint density at radius 1 is 1.35 bits per heavy atom. The Morgan fingerprint density at radius 2 is 1.95 bits per heavy atom. The van der Waals surface area contributed by atoms with E-state index in [1.165, 1.54) is 11.8 Å². The molecule has 6 heteroatoms. The molecule has 0 radical (unpaired) electrons. The number of carbonyl (C=O) groups is 1. The first kappa shape index (κ1) is 16.7. The normalized spacial score (nSPS) is 12.8. The molecule has 0 amide bonds. The minimum atomic E-state index is -0.991. The van der Waals surface area contributed by atoms with Gasteiger partial charge in [-0.25, -0.2) is 0 Å². The van der Waals surface area contributed by atoms with E-state index in [1.54, 1.807) is 14.2 Å². The Balaban J connectivity index is 2.77. The molecule has 1 aromatic carbocycles. The maximum atomic E-state index is 11.0. The van der Waals surface area contributed by atoms with Gasteiger partial charge in [0.25, 0.3) is 0 Å². The van der Waals surface area contributed by atoms with Gasteiger partial charge in [-0.3, -0.25) is 4.79 Å². The van der Waals surface area contributed by atoms with Crippen molar-refractivity contribution in [2.75, 3.05) is 14.2 Å². The lowest BCUT2D eigenvalue weighted by Gasteiger charge is -2.28.